The summed E-state index contributed by atoms with van der Waals surface area (Å²) in [7, 11) is 0. The summed E-state index contributed by atoms with van der Waals surface area (Å²) in [6.07, 6.45) is 2.40. The highest BCUT2D eigenvalue weighted by molar-refractivity contribution is 6.04. The number of hydrogen-bond acceptors (Lipinski definition) is 4. The highest BCUT2D eigenvalue weighted by atomic mass is 16.1. The zero-order valence-corrected chi connectivity index (χ0v) is 14.9. The Labute approximate surface area is 153 Å². The van der Waals surface area contributed by atoms with Gasteiger partial charge in [0.05, 0.1) is 17.6 Å². The fourth-order valence-corrected chi connectivity index (χ4v) is 2.62. The van der Waals surface area contributed by atoms with Crippen molar-refractivity contribution < 1.29 is 4.79 Å². The molecule has 132 valence electrons. The van der Waals surface area contributed by atoms with Crippen LogP contribution in [0.2, 0.25) is 0 Å². The monoisotopic (exact) mass is 346 g/mol. The van der Waals surface area contributed by atoms with Crippen LogP contribution < -0.4 is 11.1 Å². The molecule has 0 unspecified atom stereocenters. The van der Waals surface area contributed by atoms with Crippen molar-refractivity contribution in [3.05, 3.63) is 72.1 Å². The molecule has 3 rings (SSSR count). The predicted octanol–water partition coefficient (Wildman–Crippen LogP) is 4.18. The highest BCUT2D eigenvalue weighted by Crippen LogP contribution is 2.23. The number of nitrogens with two attached hydrogens (primary N) is 1. The van der Waals surface area contributed by atoms with Crippen molar-refractivity contribution in [2.75, 3.05) is 11.1 Å². The molecular weight excluding hydrogens is 324 g/mol. The summed E-state index contributed by atoms with van der Waals surface area (Å²) in [5.74, 6) is 0.704. The molecular formula is C21H22N4O. The Balaban J connectivity index is 1.91. The maximum atomic E-state index is 12.5. The van der Waals surface area contributed by atoms with E-state index in [1.807, 2.05) is 42.5 Å². The zero-order valence-electron chi connectivity index (χ0n) is 14.9. The first-order valence-corrected chi connectivity index (χ1v) is 8.61. The largest absolute Gasteiger partial charge is 0.399 e. The predicted molar refractivity (Wildman–Crippen MR) is 105 cm³/mol. The molecule has 0 saturated carbocycles. The van der Waals surface area contributed by atoms with Crippen LogP contribution >= 0.6 is 0 Å². The van der Waals surface area contributed by atoms with Crippen molar-refractivity contribution in [1.29, 1.82) is 0 Å². The first-order valence-electron chi connectivity index (χ1n) is 8.61. The van der Waals surface area contributed by atoms with Gasteiger partial charge in [-0.1, -0.05) is 44.2 Å². The normalized spacial score (nSPS) is 10.7. The van der Waals surface area contributed by atoms with Crippen LogP contribution in [0.1, 0.15) is 29.9 Å². The maximum Gasteiger partial charge on any atom is 0.256 e. The van der Waals surface area contributed by atoms with Crippen LogP contribution in [0.3, 0.4) is 0 Å². The lowest BCUT2D eigenvalue weighted by molar-refractivity contribution is 0.102. The molecule has 0 atom stereocenters. The van der Waals surface area contributed by atoms with E-state index in [0.717, 1.165) is 23.4 Å². The molecule has 1 amide bonds. The van der Waals surface area contributed by atoms with Crippen molar-refractivity contribution in [1.82, 2.24) is 9.97 Å². The van der Waals surface area contributed by atoms with E-state index in [0.29, 0.717) is 23.0 Å². The second-order valence-corrected chi connectivity index (χ2v) is 6.59. The Morgan fingerprint density at radius 2 is 1.77 bits per heavy atom. The summed E-state index contributed by atoms with van der Waals surface area (Å²) in [5, 5.41) is 2.89. The Bertz CT molecular complexity index is 890. The van der Waals surface area contributed by atoms with Gasteiger partial charge in [0.15, 0.2) is 5.82 Å². The van der Waals surface area contributed by atoms with Crippen LogP contribution in [0.25, 0.3) is 11.3 Å². The third-order valence-electron chi connectivity index (χ3n) is 3.92. The Morgan fingerprint density at radius 1 is 1.08 bits per heavy atom. The molecule has 0 spiro atoms. The van der Waals surface area contributed by atoms with Crippen molar-refractivity contribution >= 4 is 17.4 Å². The number of hydrogen-bond donors (Lipinski definition) is 2. The van der Waals surface area contributed by atoms with Gasteiger partial charge in [0.25, 0.3) is 5.91 Å². The van der Waals surface area contributed by atoms with E-state index in [1.165, 1.54) is 0 Å². The molecule has 0 radical (unpaired) electrons. The van der Waals surface area contributed by atoms with Crippen LogP contribution in [0.4, 0.5) is 11.5 Å². The van der Waals surface area contributed by atoms with E-state index in [-0.39, 0.29) is 5.91 Å². The molecule has 0 fully saturated rings. The first-order chi connectivity index (χ1) is 12.5. The SMILES string of the molecule is CC(C)Cc1nc(-c2ccc(N)cc2)cnc1NC(=O)c1ccccc1. The summed E-state index contributed by atoms with van der Waals surface area (Å²) >= 11 is 0. The fourth-order valence-electron chi connectivity index (χ4n) is 2.62. The van der Waals surface area contributed by atoms with Crippen molar-refractivity contribution in [3.63, 3.8) is 0 Å². The van der Waals surface area contributed by atoms with Gasteiger partial charge in [-0.3, -0.25) is 4.79 Å². The van der Waals surface area contributed by atoms with Gasteiger partial charge in [0, 0.05) is 16.8 Å². The second-order valence-electron chi connectivity index (χ2n) is 6.59. The summed E-state index contributed by atoms with van der Waals surface area (Å²) in [5.41, 5.74) is 9.53. The number of nitrogen functional groups attached to an aromatic ring is 1. The minimum atomic E-state index is -0.190. The molecule has 1 heterocycles. The number of rotatable bonds is 5. The third-order valence-corrected chi connectivity index (χ3v) is 3.92. The molecule has 5 nitrogen and oxygen atoms in total. The lowest BCUT2D eigenvalue weighted by atomic mass is 10.1. The highest BCUT2D eigenvalue weighted by Gasteiger charge is 2.14. The van der Waals surface area contributed by atoms with Crippen molar-refractivity contribution in [2.45, 2.75) is 20.3 Å². The molecule has 0 aliphatic rings. The Kier molecular flexibility index (Phi) is 5.27. The fraction of sp³-hybridized carbons (Fsp3) is 0.190. The quantitative estimate of drug-likeness (QED) is 0.679. The van der Waals surface area contributed by atoms with Crippen LogP contribution in [-0.4, -0.2) is 15.9 Å². The van der Waals surface area contributed by atoms with E-state index in [2.05, 4.69) is 24.1 Å². The van der Waals surface area contributed by atoms with E-state index in [4.69, 9.17) is 10.7 Å². The van der Waals surface area contributed by atoms with Crippen molar-refractivity contribution in [3.8, 4) is 11.3 Å². The minimum absolute atomic E-state index is 0.190. The molecule has 1 aromatic heterocycles. The van der Waals surface area contributed by atoms with Crippen LogP contribution in [0.5, 0.6) is 0 Å². The summed E-state index contributed by atoms with van der Waals surface area (Å²) in [6.45, 7) is 4.22. The molecule has 0 saturated heterocycles. The first kappa shape index (κ1) is 17.6. The molecule has 2 aromatic carbocycles. The summed E-state index contributed by atoms with van der Waals surface area (Å²) in [4.78, 5) is 21.7. The van der Waals surface area contributed by atoms with E-state index in [9.17, 15) is 4.79 Å². The molecule has 3 N–H and O–H groups in total. The molecule has 5 heteroatoms. The lowest BCUT2D eigenvalue weighted by Gasteiger charge is -2.13. The standard InChI is InChI=1S/C21H22N4O/c1-14(2)12-18-20(25-21(26)16-6-4-3-5-7-16)23-13-19(24-18)15-8-10-17(22)11-9-15/h3-11,13-14H,12,22H2,1-2H3,(H,23,25,26). The minimum Gasteiger partial charge on any atom is -0.399 e. The molecule has 3 aromatic rings. The Hall–Kier alpha value is -3.21. The van der Waals surface area contributed by atoms with Gasteiger partial charge in [0.1, 0.15) is 0 Å². The third kappa shape index (κ3) is 4.25. The molecule has 0 bridgehead atoms. The Morgan fingerprint density at radius 3 is 2.42 bits per heavy atom. The van der Waals surface area contributed by atoms with Gasteiger partial charge in [-0.25, -0.2) is 9.97 Å². The van der Waals surface area contributed by atoms with Gasteiger partial charge < -0.3 is 11.1 Å². The van der Waals surface area contributed by atoms with E-state index < -0.39 is 0 Å². The molecule has 0 aliphatic heterocycles. The number of nitrogens with one attached hydrogen (secondary N) is 1. The summed E-state index contributed by atoms with van der Waals surface area (Å²) < 4.78 is 0. The zero-order chi connectivity index (χ0) is 18.5. The number of aromatic nitrogens is 2. The number of carbonyl (C=O) groups excluding carboxylic acids is 1. The van der Waals surface area contributed by atoms with Gasteiger partial charge in [-0.15, -0.1) is 0 Å². The van der Waals surface area contributed by atoms with Crippen molar-refractivity contribution in [2.24, 2.45) is 5.92 Å². The maximum absolute atomic E-state index is 12.5. The van der Waals surface area contributed by atoms with Gasteiger partial charge in [-0.2, -0.15) is 0 Å². The van der Waals surface area contributed by atoms with E-state index in [1.54, 1.807) is 18.3 Å². The number of amides is 1. The van der Waals surface area contributed by atoms with Gasteiger partial charge in [-0.05, 0) is 36.6 Å². The number of anilines is 2. The van der Waals surface area contributed by atoms with Crippen LogP contribution in [0, 0.1) is 5.92 Å². The smallest absolute Gasteiger partial charge is 0.256 e. The average molecular weight is 346 g/mol. The number of benzene rings is 2. The second kappa shape index (κ2) is 7.78. The van der Waals surface area contributed by atoms with E-state index >= 15 is 0 Å². The lowest BCUT2D eigenvalue weighted by Crippen LogP contribution is -2.16. The average Bonchev–Trinajstić information content (AvgIpc) is 2.64. The van der Waals surface area contributed by atoms with Crippen LogP contribution in [0.15, 0.2) is 60.8 Å². The number of carbonyl (C=O) groups is 1. The van der Waals surface area contributed by atoms with Crippen LogP contribution in [-0.2, 0) is 6.42 Å². The summed E-state index contributed by atoms with van der Waals surface area (Å²) in [6, 6.07) is 16.6. The van der Waals surface area contributed by atoms with Gasteiger partial charge >= 0.3 is 0 Å². The topological polar surface area (TPSA) is 80.9 Å². The number of nitrogens with zero attached hydrogens (tertiary/aromatic N) is 2. The van der Waals surface area contributed by atoms with Gasteiger partial charge in [0.2, 0.25) is 0 Å². The molecule has 26 heavy (non-hydrogen) atoms. The molecule has 0 aliphatic carbocycles.